The molecule has 1 amide bonds. The number of amides is 1. The second-order valence-electron chi connectivity index (χ2n) is 5.68. The maximum absolute atomic E-state index is 11.9. The van der Waals surface area contributed by atoms with Crippen molar-refractivity contribution in [2.24, 2.45) is 0 Å². The van der Waals surface area contributed by atoms with Gasteiger partial charge in [0.1, 0.15) is 0 Å². The van der Waals surface area contributed by atoms with Crippen LogP contribution in [0.15, 0.2) is 23.1 Å². The normalized spacial score (nSPS) is 20.8. The molecule has 7 heteroatoms. The molecule has 0 saturated heterocycles. The molecule has 1 saturated carbocycles. The van der Waals surface area contributed by atoms with Gasteiger partial charge >= 0.3 is 0 Å². The highest BCUT2D eigenvalue weighted by molar-refractivity contribution is 8.04. The van der Waals surface area contributed by atoms with E-state index < -0.39 is 0 Å². The summed E-state index contributed by atoms with van der Waals surface area (Å²) in [4.78, 5) is 12.9. The lowest BCUT2D eigenvalue weighted by Crippen LogP contribution is -2.31. The number of hydrogen-bond acceptors (Lipinski definition) is 4. The minimum absolute atomic E-state index is 0.0714. The van der Waals surface area contributed by atoms with E-state index in [0.717, 1.165) is 17.7 Å². The van der Waals surface area contributed by atoms with Crippen molar-refractivity contribution in [3.63, 3.8) is 0 Å². The number of thioether (sulfide) groups is 2. The van der Waals surface area contributed by atoms with Crippen LogP contribution in [-0.2, 0) is 9.53 Å². The molecule has 3 nitrogen and oxygen atoms in total. The predicted octanol–water partition coefficient (Wildman–Crippen LogP) is 4.89. The van der Waals surface area contributed by atoms with Crippen molar-refractivity contribution in [2.45, 2.75) is 41.1 Å². The lowest BCUT2D eigenvalue weighted by molar-refractivity contribution is -0.118. The minimum atomic E-state index is 0.0714. The van der Waals surface area contributed by atoms with Crippen LogP contribution in [0, 0.1) is 0 Å². The summed E-state index contributed by atoms with van der Waals surface area (Å²) >= 11 is 16.1. The van der Waals surface area contributed by atoms with E-state index in [1.54, 1.807) is 30.6 Å². The number of rotatable bonds is 8. The van der Waals surface area contributed by atoms with Gasteiger partial charge in [-0.05, 0) is 25.0 Å². The Morgan fingerprint density at radius 3 is 2.58 bits per heavy atom. The summed E-state index contributed by atoms with van der Waals surface area (Å²) in [6, 6.07) is 5.63. The molecule has 2 unspecified atom stereocenters. The first-order chi connectivity index (χ1) is 11.6. The Labute approximate surface area is 162 Å². The summed E-state index contributed by atoms with van der Waals surface area (Å²) in [6.07, 6.45) is 4.71. The lowest BCUT2D eigenvalue weighted by Gasteiger charge is -2.31. The Hall–Kier alpha value is -0.0700. The Balaban J connectivity index is 1.89. The van der Waals surface area contributed by atoms with E-state index in [9.17, 15) is 4.79 Å². The summed E-state index contributed by atoms with van der Waals surface area (Å²) in [5, 5.41) is 5.17. The van der Waals surface area contributed by atoms with Gasteiger partial charge in [0.25, 0.3) is 0 Å². The first-order valence-electron chi connectivity index (χ1n) is 8.09. The highest BCUT2D eigenvalue weighted by Crippen LogP contribution is 2.43. The van der Waals surface area contributed by atoms with E-state index in [0.29, 0.717) is 39.4 Å². The van der Waals surface area contributed by atoms with Crippen molar-refractivity contribution in [3.8, 4) is 0 Å². The first kappa shape index (κ1) is 20.2. The smallest absolute Gasteiger partial charge is 0.230 e. The molecule has 0 radical (unpaired) electrons. The minimum Gasteiger partial charge on any atom is -0.383 e. The summed E-state index contributed by atoms with van der Waals surface area (Å²) in [5.74, 6) is 0.559. The molecule has 0 heterocycles. The van der Waals surface area contributed by atoms with Crippen molar-refractivity contribution < 1.29 is 9.53 Å². The number of ether oxygens (including phenoxy) is 1. The molecule has 1 aliphatic carbocycles. The standard InChI is InChI=1S/C17H23Cl2NO2S2/c1-22-10-9-20-16(21)11-23-14-7-2-3-8-15(14)24-17-12(18)5-4-6-13(17)19/h4-6,14-15H,2-3,7-11H2,1H3,(H,20,21). The number of carbonyl (C=O) groups is 1. The molecular formula is C17H23Cl2NO2S2. The molecule has 1 N–H and O–H groups in total. The number of methoxy groups -OCH3 is 1. The summed E-state index contributed by atoms with van der Waals surface area (Å²) in [5.41, 5.74) is 0. The predicted molar refractivity (Wildman–Crippen MR) is 106 cm³/mol. The molecule has 0 aromatic heterocycles. The zero-order chi connectivity index (χ0) is 17.4. The molecule has 1 fully saturated rings. The van der Waals surface area contributed by atoms with E-state index in [4.69, 9.17) is 27.9 Å². The van der Waals surface area contributed by atoms with Crippen molar-refractivity contribution >= 4 is 52.6 Å². The van der Waals surface area contributed by atoms with Crippen molar-refractivity contribution in [2.75, 3.05) is 26.0 Å². The van der Waals surface area contributed by atoms with E-state index >= 15 is 0 Å². The molecule has 2 atom stereocenters. The molecule has 0 spiro atoms. The number of benzene rings is 1. The van der Waals surface area contributed by atoms with Crippen LogP contribution in [0.1, 0.15) is 25.7 Å². The van der Waals surface area contributed by atoms with Crippen molar-refractivity contribution in [1.82, 2.24) is 5.32 Å². The fourth-order valence-corrected chi connectivity index (χ4v) is 6.12. The van der Waals surface area contributed by atoms with E-state index in [1.165, 1.54) is 12.8 Å². The number of carbonyl (C=O) groups excluding carboxylic acids is 1. The molecule has 1 aliphatic rings. The zero-order valence-electron chi connectivity index (χ0n) is 13.7. The highest BCUT2D eigenvalue weighted by atomic mass is 35.5. The SMILES string of the molecule is COCCNC(=O)CSC1CCCCC1Sc1c(Cl)cccc1Cl. The highest BCUT2D eigenvalue weighted by Gasteiger charge is 2.28. The monoisotopic (exact) mass is 407 g/mol. The van der Waals surface area contributed by atoms with Crippen LogP contribution in [-0.4, -0.2) is 42.4 Å². The van der Waals surface area contributed by atoms with Crippen LogP contribution in [0.25, 0.3) is 0 Å². The van der Waals surface area contributed by atoms with Gasteiger partial charge in [0.2, 0.25) is 5.91 Å². The third kappa shape index (κ3) is 6.34. The fraction of sp³-hybridized carbons (Fsp3) is 0.588. The first-order valence-corrected chi connectivity index (χ1v) is 10.8. The van der Waals surface area contributed by atoms with E-state index in [-0.39, 0.29) is 5.91 Å². The molecule has 134 valence electrons. The molecule has 0 bridgehead atoms. The second-order valence-corrected chi connectivity index (χ2v) is 8.98. The quantitative estimate of drug-likeness (QED) is 0.622. The second kappa shape index (κ2) is 10.8. The molecule has 0 aliphatic heterocycles. The average molecular weight is 408 g/mol. The summed E-state index contributed by atoms with van der Waals surface area (Å²) in [7, 11) is 1.63. The zero-order valence-corrected chi connectivity index (χ0v) is 16.9. The van der Waals surface area contributed by atoms with Gasteiger partial charge in [0.05, 0.1) is 22.4 Å². The average Bonchev–Trinajstić information content (AvgIpc) is 2.57. The Kier molecular flexibility index (Phi) is 9.12. The van der Waals surface area contributed by atoms with Crippen LogP contribution >= 0.6 is 46.7 Å². The van der Waals surface area contributed by atoms with Gasteiger partial charge in [-0.3, -0.25) is 4.79 Å². The van der Waals surface area contributed by atoms with Gasteiger partial charge in [0.15, 0.2) is 0 Å². The largest absolute Gasteiger partial charge is 0.383 e. The molecule has 1 aromatic rings. The molecule has 24 heavy (non-hydrogen) atoms. The Morgan fingerprint density at radius 1 is 1.25 bits per heavy atom. The number of halogens is 2. The van der Waals surface area contributed by atoms with Gasteiger partial charge in [-0.15, -0.1) is 23.5 Å². The van der Waals surface area contributed by atoms with Crippen LogP contribution in [0.2, 0.25) is 10.0 Å². The lowest BCUT2D eigenvalue weighted by atomic mass is 10.00. The van der Waals surface area contributed by atoms with Crippen LogP contribution < -0.4 is 5.32 Å². The molecular weight excluding hydrogens is 385 g/mol. The molecule has 1 aromatic carbocycles. The maximum Gasteiger partial charge on any atom is 0.230 e. The number of hydrogen-bond donors (Lipinski definition) is 1. The van der Waals surface area contributed by atoms with Gasteiger partial charge in [-0.1, -0.05) is 42.1 Å². The summed E-state index contributed by atoms with van der Waals surface area (Å²) in [6.45, 7) is 1.11. The van der Waals surface area contributed by atoms with E-state index in [1.807, 2.05) is 18.2 Å². The third-order valence-corrected chi connectivity index (χ3v) is 7.88. The summed E-state index contributed by atoms with van der Waals surface area (Å²) < 4.78 is 4.94. The van der Waals surface area contributed by atoms with Gasteiger partial charge in [-0.25, -0.2) is 0 Å². The Bertz CT molecular complexity index is 525. The maximum atomic E-state index is 11.9. The van der Waals surface area contributed by atoms with Crippen molar-refractivity contribution in [1.29, 1.82) is 0 Å². The van der Waals surface area contributed by atoms with Gasteiger partial charge in [-0.2, -0.15) is 0 Å². The molecule has 2 rings (SSSR count). The Morgan fingerprint density at radius 2 is 1.92 bits per heavy atom. The topological polar surface area (TPSA) is 38.3 Å². The van der Waals surface area contributed by atoms with Crippen LogP contribution in [0.3, 0.4) is 0 Å². The third-order valence-electron chi connectivity index (χ3n) is 3.89. The number of nitrogens with one attached hydrogen (secondary N) is 1. The van der Waals surface area contributed by atoms with Gasteiger partial charge < -0.3 is 10.1 Å². The van der Waals surface area contributed by atoms with Crippen molar-refractivity contribution in [3.05, 3.63) is 28.2 Å². The van der Waals surface area contributed by atoms with Crippen LogP contribution in [0.4, 0.5) is 0 Å². The fourth-order valence-electron chi connectivity index (χ4n) is 2.66. The van der Waals surface area contributed by atoms with E-state index in [2.05, 4.69) is 5.32 Å². The van der Waals surface area contributed by atoms with Crippen LogP contribution in [0.5, 0.6) is 0 Å². The van der Waals surface area contributed by atoms with Gasteiger partial charge in [0, 0.05) is 29.0 Å².